The van der Waals surface area contributed by atoms with Gasteiger partial charge in [0.15, 0.2) is 0 Å². The molecule has 12 aromatic rings. The fraction of sp³-hybridized carbons (Fsp3) is 0.294. The van der Waals surface area contributed by atoms with Crippen LogP contribution in [0.1, 0.15) is 163 Å². The molecule has 12 rings (SSSR count). The van der Waals surface area contributed by atoms with Crippen LogP contribution in [0.3, 0.4) is 0 Å². The van der Waals surface area contributed by atoms with Gasteiger partial charge in [-0.05, 0) is 169 Å². The third kappa shape index (κ3) is 8.90. The average Bonchev–Trinajstić information content (AvgIpc) is 3.98. The van der Waals surface area contributed by atoms with E-state index in [1.54, 1.807) is 0 Å². The molecule has 0 atom stereocenters. The smallest absolute Gasteiger partial charge is 0.147 e. The van der Waals surface area contributed by atoms with Crippen LogP contribution in [0.4, 0.5) is 0 Å². The number of benzene rings is 6. The number of fused-ring (bicyclic) bond motifs is 16. The van der Waals surface area contributed by atoms with E-state index in [0.717, 1.165) is 83.0 Å². The Morgan fingerprint density at radius 3 is 1.28 bits per heavy atom. The van der Waals surface area contributed by atoms with Crippen molar-refractivity contribution in [2.45, 2.75) is 132 Å². The summed E-state index contributed by atoms with van der Waals surface area (Å²) in [6, 6.07) is 50.1. The molecule has 0 saturated carbocycles. The topological polar surface area (TPSA) is 60.4 Å². The molecular formula is C68H69IrN6-. The third-order valence-corrected chi connectivity index (χ3v) is 15.4. The molecule has 0 N–H and O–H groups in total. The Bertz CT molecular complexity index is 3860. The molecule has 0 bridgehead atoms. The van der Waals surface area contributed by atoms with Gasteiger partial charge in [-0.25, -0.2) is 4.98 Å². The van der Waals surface area contributed by atoms with Gasteiger partial charge in [0.25, 0.3) is 0 Å². The van der Waals surface area contributed by atoms with Gasteiger partial charge in [-0.3, -0.25) is 14.4 Å². The van der Waals surface area contributed by atoms with Crippen LogP contribution >= 0.6 is 0 Å². The number of hydrogen-bond donors (Lipinski definition) is 0. The Hall–Kier alpha value is -6.79. The van der Waals surface area contributed by atoms with Crippen molar-refractivity contribution in [3.63, 3.8) is 0 Å². The number of para-hydroxylation sites is 4. The molecule has 75 heavy (non-hydrogen) atoms. The Kier molecular flexibility index (Phi) is 13.8. The van der Waals surface area contributed by atoms with E-state index in [1.165, 1.54) is 61.0 Å². The molecule has 0 spiro atoms. The molecule has 6 aromatic heterocycles. The van der Waals surface area contributed by atoms with Crippen molar-refractivity contribution in [3.05, 3.63) is 178 Å². The van der Waals surface area contributed by atoms with Gasteiger partial charge in [0.05, 0.1) is 38.7 Å². The Labute approximate surface area is 456 Å². The summed E-state index contributed by atoms with van der Waals surface area (Å²) in [5.41, 5.74) is 26.2. The molecule has 381 valence electrons. The minimum atomic E-state index is 0. The number of imidazole rings is 2. The van der Waals surface area contributed by atoms with E-state index >= 15 is 0 Å². The maximum Gasteiger partial charge on any atom is 0.147 e. The number of aryl methyl sites for hydroxylation is 2. The molecule has 1 radical (unpaired) electrons. The second-order valence-corrected chi connectivity index (χ2v) is 22.7. The number of hydrogen-bond acceptors (Lipinski definition) is 4. The van der Waals surface area contributed by atoms with Crippen molar-refractivity contribution in [3.8, 4) is 22.3 Å². The minimum absolute atomic E-state index is 0. The molecule has 7 heteroatoms. The van der Waals surface area contributed by atoms with Crippen molar-refractivity contribution in [1.29, 1.82) is 0 Å². The number of pyridine rings is 4. The molecule has 0 aliphatic rings. The minimum Gasteiger partial charge on any atom is -0.348 e. The van der Waals surface area contributed by atoms with Crippen LogP contribution in [-0.4, -0.2) is 28.7 Å². The molecule has 0 aliphatic heterocycles. The van der Waals surface area contributed by atoms with Gasteiger partial charge in [0.1, 0.15) is 5.65 Å². The van der Waals surface area contributed by atoms with Gasteiger partial charge < -0.3 is 9.38 Å². The van der Waals surface area contributed by atoms with Gasteiger partial charge in [0, 0.05) is 42.1 Å². The van der Waals surface area contributed by atoms with Crippen molar-refractivity contribution in [1.82, 2.24) is 28.7 Å². The van der Waals surface area contributed by atoms with E-state index in [2.05, 4.69) is 220 Å². The van der Waals surface area contributed by atoms with E-state index in [0.29, 0.717) is 35.5 Å². The SMILES string of the molecule is Cc1c[c-]c2c(n1)c1cc(-c3c(C(C)C)cc(C(C)C)cc3C(C)C)ccc1n1c3ccccc3nc21.Cc1ccc2c(n1)c1cc(-c3c(C(C)C)cc(C(C)C)cc3C(C)C)ccc1n1c3ccccc3nc21.[Ir]. The zero-order valence-electron chi connectivity index (χ0n) is 46.1. The molecule has 0 saturated heterocycles. The summed E-state index contributed by atoms with van der Waals surface area (Å²) in [6.07, 6.45) is 0. The average molecular weight is 1160 g/mol. The fourth-order valence-electron chi connectivity index (χ4n) is 11.4. The summed E-state index contributed by atoms with van der Waals surface area (Å²) in [7, 11) is 0. The Morgan fingerprint density at radius 1 is 0.387 bits per heavy atom. The van der Waals surface area contributed by atoms with Crippen LogP contribution in [0, 0.1) is 19.9 Å². The van der Waals surface area contributed by atoms with Gasteiger partial charge in [-0.1, -0.05) is 162 Å². The van der Waals surface area contributed by atoms with E-state index < -0.39 is 0 Å². The van der Waals surface area contributed by atoms with E-state index in [1.807, 2.05) is 19.1 Å². The first-order valence-electron chi connectivity index (χ1n) is 27.0. The first-order valence-corrected chi connectivity index (χ1v) is 27.0. The largest absolute Gasteiger partial charge is 0.348 e. The van der Waals surface area contributed by atoms with Crippen LogP contribution in [-0.2, 0) is 20.1 Å². The third-order valence-electron chi connectivity index (χ3n) is 15.4. The summed E-state index contributed by atoms with van der Waals surface area (Å²) >= 11 is 0. The van der Waals surface area contributed by atoms with Crippen LogP contribution < -0.4 is 0 Å². The van der Waals surface area contributed by atoms with E-state index in [9.17, 15) is 0 Å². The summed E-state index contributed by atoms with van der Waals surface area (Å²) in [4.78, 5) is 20.1. The van der Waals surface area contributed by atoms with Gasteiger partial charge in [-0.2, -0.15) is 0 Å². The molecular weight excluding hydrogens is 1090 g/mol. The fourth-order valence-corrected chi connectivity index (χ4v) is 11.4. The standard InChI is InChI=1S/C34H35N3.C34H34N3.Ir/c2*1-19(2)24-17-26(20(3)4)32(27(18-24)21(5)6)23-13-15-30-28(16-23)33-25(14-12-22(7)35-33)34-36-29-10-8-9-11-31(29)37(30)34;/h8-21H,1-7H3;8-13,15-21H,1-7H3;/q;-1;. The maximum absolute atomic E-state index is 5.06. The summed E-state index contributed by atoms with van der Waals surface area (Å²) in [5.74, 6) is 2.70. The molecule has 6 aromatic carbocycles. The van der Waals surface area contributed by atoms with E-state index in [4.69, 9.17) is 19.9 Å². The predicted molar refractivity (Wildman–Crippen MR) is 315 cm³/mol. The molecule has 0 aliphatic carbocycles. The quantitative estimate of drug-likeness (QED) is 0.112. The van der Waals surface area contributed by atoms with Crippen LogP contribution in [0.5, 0.6) is 0 Å². The monoisotopic (exact) mass is 1160 g/mol. The first kappa shape index (κ1) is 51.7. The van der Waals surface area contributed by atoms with Crippen LogP contribution in [0.25, 0.3) is 99.2 Å². The Balaban J connectivity index is 0.000000169. The predicted octanol–water partition coefficient (Wildman–Crippen LogP) is 18.9. The van der Waals surface area contributed by atoms with Gasteiger partial charge >= 0.3 is 0 Å². The van der Waals surface area contributed by atoms with Gasteiger partial charge in [0.2, 0.25) is 0 Å². The molecule has 0 amide bonds. The number of aromatic nitrogens is 6. The number of nitrogens with zero attached hydrogens (tertiary/aromatic N) is 6. The van der Waals surface area contributed by atoms with Crippen molar-refractivity contribution in [2.24, 2.45) is 0 Å². The van der Waals surface area contributed by atoms with Crippen LogP contribution in [0.15, 0.2) is 127 Å². The molecule has 6 nitrogen and oxygen atoms in total. The second kappa shape index (κ2) is 20.1. The zero-order chi connectivity index (χ0) is 52.0. The molecule has 0 unspecified atom stereocenters. The van der Waals surface area contributed by atoms with Crippen molar-refractivity contribution in [2.75, 3.05) is 0 Å². The second-order valence-electron chi connectivity index (χ2n) is 22.7. The molecule has 0 fully saturated rings. The summed E-state index contributed by atoms with van der Waals surface area (Å²) in [5, 5.41) is 4.37. The Morgan fingerprint density at radius 2 is 0.813 bits per heavy atom. The first-order chi connectivity index (χ1) is 35.5. The van der Waals surface area contributed by atoms with Crippen molar-refractivity contribution >= 4 is 77.0 Å². The van der Waals surface area contributed by atoms with Crippen molar-refractivity contribution < 1.29 is 20.1 Å². The normalized spacial score (nSPS) is 12.2. The molecule has 6 heterocycles. The van der Waals surface area contributed by atoms with Gasteiger partial charge in [-0.15, -0.1) is 12.1 Å². The maximum atomic E-state index is 5.06. The summed E-state index contributed by atoms with van der Waals surface area (Å²) < 4.78 is 4.58. The van der Waals surface area contributed by atoms with Crippen LogP contribution in [0.2, 0.25) is 0 Å². The van der Waals surface area contributed by atoms with E-state index in [-0.39, 0.29) is 20.1 Å². The zero-order valence-corrected chi connectivity index (χ0v) is 48.5. The summed E-state index contributed by atoms with van der Waals surface area (Å²) in [6.45, 7) is 31.8. The number of rotatable bonds is 8.